The van der Waals surface area contributed by atoms with Gasteiger partial charge in [-0.25, -0.2) is 0 Å². The average molecular weight is 147 g/mol. The summed E-state index contributed by atoms with van der Waals surface area (Å²) in [5, 5.41) is 20.2. The lowest BCUT2D eigenvalue weighted by Gasteiger charge is -2.12. The van der Waals surface area contributed by atoms with E-state index in [1.165, 1.54) is 0 Å². The third kappa shape index (κ3) is 4.73. The lowest BCUT2D eigenvalue weighted by molar-refractivity contribution is 0.231. The molecular weight excluding hydrogens is 130 g/mol. The van der Waals surface area contributed by atoms with Crippen LogP contribution in [0.15, 0.2) is 0 Å². The fraction of sp³-hybridized carbons (Fsp3) is 1.00. The molecule has 0 amide bonds. The molecule has 0 aromatic carbocycles. The van der Waals surface area contributed by atoms with Crippen molar-refractivity contribution in [3.63, 3.8) is 0 Å². The van der Waals surface area contributed by atoms with Crippen LogP contribution in [0, 0.1) is 0 Å². The normalized spacial score (nSPS) is 13.5. The lowest BCUT2D eigenvalue weighted by Crippen LogP contribution is -2.32. The van der Waals surface area contributed by atoms with Crippen LogP contribution in [0.25, 0.3) is 0 Å². The van der Waals surface area contributed by atoms with E-state index in [9.17, 15) is 0 Å². The highest BCUT2D eigenvalue weighted by Crippen LogP contribution is 1.87. The lowest BCUT2D eigenvalue weighted by atomic mass is 10.2. The van der Waals surface area contributed by atoms with Crippen molar-refractivity contribution in [2.75, 3.05) is 19.8 Å². The van der Waals surface area contributed by atoms with Gasteiger partial charge in [-0.1, -0.05) is 6.92 Å². The van der Waals surface area contributed by atoms with Gasteiger partial charge in [-0.05, 0) is 19.4 Å². The summed E-state index contributed by atoms with van der Waals surface area (Å²) in [6.45, 7) is 3.21. The molecule has 0 spiro atoms. The van der Waals surface area contributed by atoms with Gasteiger partial charge < -0.3 is 15.5 Å². The van der Waals surface area contributed by atoms with Gasteiger partial charge in [0.25, 0.3) is 0 Å². The van der Waals surface area contributed by atoms with Gasteiger partial charge in [0.2, 0.25) is 0 Å². The molecule has 0 aliphatic rings. The first-order chi connectivity index (χ1) is 4.85. The van der Waals surface area contributed by atoms with Crippen LogP contribution < -0.4 is 5.32 Å². The highest BCUT2D eigenvalue weighted by atomic mass is 16.3. The Balaban J connectivity index is 3.09. The van der Waals surface area contributed by atoms with Crippen molar-refractivity contribution in [1.82, 2.24) is 5.32 Å². The van der Waals surface area contributed by atoms with Crippen LogP contribution in [0.4, 0.5) is 0 Å². The van der Waals surface area contributed by atoms with Gasteiger partial charge in [-0.15, -0.1) is 0 Å². The Morgan fingerprint density at radius 3 is 2.50 bits per heavy atom. The SMILES string of the molecule is CCC(CO)NCCCO. The van der Waals surface area contributed by atoms with Crippen LogP contribution in [0.2, 0.25) is 0 Å². The second kappa shape index (κ2) is 6.99. The summed E-state index contributed by atoms with van der Waals surface area (Å²) in [6, 6.07) is 0.201. The molecule has 1 unspecified atom stereocenters. The number of aliphatic hydroxyl groups is 2. The predicted molar refractivity (Wildman–Crippen MR) is 40.9 cm³/mol. The minimum absolute atomic E-state index is 0.182. The van der Waals surface area contributed by atoms with Crippen LogP contribution in [-0.4, -0.2) is 36.0 Å². The van der Waals surface area contributed by atoms with Crippen molar-refractivity contribution in [3.8, 4) is 0 Å². The summed E-state index contributed by atoms with van der Waals surface area (Å²) in [6.07, 6.45) is 1.69. The van der Waals surface area contributed by atoms with Crippen LogP contribution in [0.5, 0.6) is 0 Å². The van der Waals surface area contributed by atoms with E-state index in [0.717, 1.165) is 19.4 Å². The molecule has 0 rings (SSSR count). The summed E-state index contributed by atoms with van der Waals surface area (Å²) in [7, 11) is 0. The minimum Gasteiger partial charge on any atom is -0.396 e. The van der Waals surface area contributed by atoms with E-state index in [0.29, 0.717) is 0 Å². The Hall–Kier alpha value is -0.120. The van der Waals surface area contributed by atoms with E-state index in [2.05, 4.69) is 5.32 Å². The molecule has 3 N–H and O–H groups in total. The van der Waals surface area contributed by atoms with Crippen LogP contribution >= 0.6 is 0 Å². The largest absolute Gasteiger partial charge is 0.396 e. The monoisotopic (exact) mass is 147 g/mol. The summed E-state index contributed by atoms with van der Waals surface area (Å²) in [5.41, 5.74) is 0. The first-order valence-corrected chi connectivity index (χ1v) is 3.80. The van der Waals surface area contributed by atoms with Gasteiger partial charge in [-0.3, -0.25) is 0 Å². The topological polar surface area (TPSA) is 52.5 Å². The molecule has 0 radical (unpaired) electrons. The van der Waals surface area contributed by atoms with E-state index >= 15 is 0 Å². The molecule has 0 fully saturated rings. The zero-order valence-electron chi connectivity index (χ0n) is 6.51. The van der Waals surface area contributed by atoms with Crippen molar-refractivity contribution >= 4 is 0 Å². The Morgan fingerprint density at radius 1 is 1.40 bits per heavy atom. The molecule has 0 heterocycles. The van der Waals surface area contributed by atoms with Crippen LogP contribution in [0.1, 0.15) is 19.8 Å². The molecule has 0 saturated carbocycles. The number of aliphatic hydroxyl groups excluding tert-OH is 2. The van der Waals surface area contributed by atoms with Crippen molar-refractivity contribution in [3.05, 3.63) is 0 Å². The van der Waals surface area contributed by atoms with E-state index < -0.39 is 0 Å². The number of hydrogen-bond donors (Lipinski definition) is 3. The fourth-order valence-corrected chi connectivity index (χ4v) is 0.723. The maximum Gasteiger partial charge on any atom is 0.0584 e. The summed E-state index contributed by atoms with van der Waals surface area (Å²) in [5.74, 6) is 0. The Kier molecular flexibility index (Phi) is 6.91. The maximum atomic E-state index is 8.70. The van der Waals surface area contributed by atoms with E-state index in [1.807, 2.05) is 6.92 Å². The summed E-state index contributed by atoms with van der Waals surface area (Å²) in [4.78, 5) is 0. The standard InChI is InChI=1S/C7H17NO2/c1-2-7(6-10)8-4-3-5-9/h7-10H,2-6H2,1H3. The summed E-state index contributed by atoms with van der Waals surface area (Å²) < 4.78 is 0. The molecule has 3 nitrogen and oxygen atoms in total. The van der Waals surface area contributed by atoms with E-state index in [4.69, 9.17) is 10.2 Å². The van der Waals surface area contributed by atoms with Crippen LogP contribution in [0.3, 0.4) is 0 Å². The van der Waals surface area contributed by atoms with E-state index in [1.54, 1.807) is 0 Å². The van der Waals surface area contributed by atoms with E-state index in [-0.39, 0.29) is 19.3 Å². The number of hydrogen-bond acceptors (Lipinski definition) is 3. The van der Waals surface area contributed by atoms with Gasteiger partial charge in [0.15, 0.2) is 0 Å². The molecular formula is C7H17NO2. The second-order valence-corrected chi connectivity index (χ2v) is 2.32. The molecule has 0 aliphatic heterocycles. The predicted octanol–water partition coefficient (Wildman–Crippen LogP) is -0.271. The molecule has 62 valence electrons. The Labute approximate surface area is 62.1 Å². The molecule has 0 aromatic heterocycles. The van der Waals surface area contributed by atoms with Crippen molar-refractivity contribution in [2.45, 2.75) is 25.8 Å². The first kappa shape index (κ1) is 9.88. The quantitative estimate of drug-likeness (QED) is 0.453. The van der Waals surface area contributed by atoms with Gasteiger partial charge in [0.05, 0.1) is 6.61 Å². The smallest absolute Gasteiger partial charge is 0.0584 e. The Morgan fingerprint density at radius 2 is 2.10 bits per heavy atom. The average Bonchev–Trinajstić information content (AvgIpc) is 1.99. The Bertz CT molecular complexity index is 64.6. The zero-order chi connectivity index (χ0) is 7.82. The minimum atomic E-state index is 0.182. The number of nitrogens with one attached hydrogen (secondary N) is 1. The zero-order valence-corrected chi connectivity index (χ0v) is 6.51. The van der Waals surface area contributed by atoms with Gasteiger partial charge in [0.1, 0.15) is 0 Å². The van der Waals surface area contributed by atoms with Gasteiger partial charge in [-0.2, -0.15) is 0 Å². The van der Waals surface area contributed by atoms with Gasteiger partial charge in [0, 0.05) is 12.6 Å². The summed E-state index contributed by atoms with van der Waals surface area (Å²) >= 11 is 0. The molecule has 0 aromatic rings. The fourth-order valence-electron chi connectivity index (χ4n) is 0.723. The molecule has 3 heteroatoms. The third-order valence-electron chi connectivity index (χ3n) is 1.48. The maximum absolute atomic E-state index is 8.70. The highest BCUT2D eigenvalue weighted by molar-refractivity contribution is 4.61. The third-order valence-corrected chi connectivity index (χ3v) is 1.48. The van der Waals surface area contributed by atoms with Crippen molar-refractivity contribution < 1.29 is 10.2 Å². The van der Waals surface area contributed by atoms with Crippen molar-refractivity contribution in [1.29, 1.82) is 0 Å². The number of rotatable bonds is 6. The molecule has 0 aliphatic carbocycles. The molecule has 0 saturated heterocycles. The molecule has 1 atom stereocenters. The highest BCUT2D eigenvalue weighted by Gasteiger charge is 2.00. The van der Waals surface area contributed by atoms with Crippen LogP contribution in [-0.2, 0) is 0 Å². The van der Waals surface area contributed by atoms with Crippen molar-refractivity contribution in [2.24, 2.45) is 0 Å². The molecule has 0 bridgehead atoms. The second-order valence-electron chi connectivity index (χ2n) is 2.32. The first-order valence-electron chi connectivity index (χ1n) is 3.80. The molecule has 10 heavy (non-hydrogen) atoms. The van der Waals surface area contributed by atoms with Gasteiger partial charge >= 0.3 is 0 Å².